The summed E-state index contributed by atoms with van der Waals surface area (Å²) in [7, 11) is 0. The maximum atomic E-state index is 4.69. The summed E-state index contributed by atoms with van der Waals surface area (Å²) in [5.41, 5.74) is 3.95. The van der Waals surface area contributed by atoms with Gasteiger partial charge in [-0.3, -0.25) is 9.38 Å². The van der Waals surface area contributed by atoms with Gasteiger partial charge in [0.05, 0.1) is 17.2 Å². The molecule has 0 radical (unpaired) electrons. The second-order valence-corrected chi connectivity index (χ2v) is 5.11. The Balaban J connectivity index is 2.30. The van der Waals surface area contributed by atoms with E-state index in [1.807, 2.05) is 42.7 Å². The van der Waals surface area contributed by atoms with Gasteiger partial charge < -0.3 is 0 Å². The van der Waals surface area contributed by atoms with Crippen LogP contribution in [0, 0.1) is 0 Å². The van der Waals surface area contributed by atoms with E-state index in [0.717, 1.165) is 32.1 Å². The molecule has 4 aromatic rings. The van der Waals surface area contributed by atoms with Crippen molar-refractivity contribution in [2.75, 3.05) is 0 Å². The van der Waals surface area contributed by atoms with Gasteiger partial charge in [-0.1, -0.05) is 18.2 Å². The maximum absolute atomic E-state index is 4.69. The van der Waals surface area contributed by atoms with Crippen molar-refractivity contribution in [3.05, 3.63) is 53.3 Å². The molecule has 3 aromatic heterocycles. The van der Waals surface area contributed by atoms with Crippen molar-refractivity contribution in [1.29, 1.82) is 0 Å². The molecule has 0 atom stereocenters. The molecule has 0 spiro atoms. The first-order chi connectivity index (χ1) is 8.83. The van der Waals surface area contributed by atoms with Crippen LogP contribution >= 0.6 is 15.9 Å². The van der Waals surface area contributed by atoms with Crippen molar-refractivity contribution in [1.82, 2.24) is 14.4 Å². The van der Waals surface area contributed by atoms with Crippen LogP contribution in [0.1, 0.15) is 0 Å². The molecule has 0 amide bonds. The molecule has 18 heavy (non-hydrogen) atoms. The Morgan fingerprint density at radius 2 is 1.94 bits per heavy atom. The van der Waals surface area contributed by atoms with Gasteiger partial charge in [-0.2, -0.15) is 0 Å². The lowest BCUT2D eigenvalue weighted by Crippen LogP contribution is -1.85. The molecule has 3 nitrogen and oxygen atoms in total. The van der Waals surface area contributed by atoms with Gasteiger partial charge in [-0.05, 0) is 34.1 Å². The first kappa shape index (κ1) is 10.0. The van der Waals surface area contributed by atoms with Gasteiger partial charge >= 0.3 is 0 Å². The normalized spacial score (nSPS) is 11.6. The van der Waals surface area contributed by atoms with Crippen molar-refractivity contribution >= 4 is 43.5 Å². The number of benzene rings is 1. The predicted octanol–water partition coefficient (Wildman–Crippen LogP) is 3.80. The van der Waals surface area contributed by atoms with Crippen LogP contribution in [0.2, 0.25) is 0 Å². The number of fused-ring (bicyclic) bond motifs is 5. The Hall–Kier alpha value is -1.94. The molecule has 0 aliphatic heterocycles. The second kappa shape index (κ2) is 3.53. The van der Waals surface area contributed by atoms with Crippen molar-refractivity contribution in [3.8, 4) is 0 Å². The molecular weight excluding hydrogens is 290 g/mol. The minimum Gasteiger partial charge on any atom is -0.297 e. The van der Waals surface area contributed by atoms with Gasteiger partial charge in [0.25, 0.3) is 0 Å². The molecule has 3 heterocycles. The number of hydrogen-bond acceptors (Lipinski definition) is 2. The summed E-state index contributed by atoms with van der Waals surface area (Å²) in [6.07, 6.45) is 3.89. The average Bonchev–Trinajstić information content (AvgIpc) is 2.77. The summed E-state index contributed by atoms with van der Waals surface area (Å²) in [5, 5.41) is 1.09. The number of imidazole rings is 1. The van der Waals surface area contributed by atoms with Gasteiger partial charge in [0.15, 0.2) is 0 Å². The summed E-state index contributed by atoms with van der Waals surface area (Å²) in [5.74, 6) is 0. The fourth-order valence-electron chi connectivity index (χ4n) is 2.28. The number of pyridine rings is 2. The highest BCUT2D eigenvalue weighted by atomic mass is 79.9. The van der Waals surface area contributed by atoms with Crippen LogP contribution < -0.4 is 0 Å². The Morgan fingerprint density at radius 1 is 1.06 bits per heavy atom. The molecule has 0 saturated carbocycles. The molecule has 0 fully saturated rings. The molecule has 0 aliphatic carbocycles. The minimum absolute atomic E-state index is 0.936. The highest BCUT2D eigenvalue weighted by Gasteiger charge is 2.08. The van der Waals surface area contributed by atoms with E-state index in [9.17, 15) is 0 Å². The molecule has 4 heteroatoms. The lowest BCUT2D eigenvalue weighted by atomic mass is 10.2. The lowest BCUT2D eigenvalue weighted by molar-refractivity contribution is 1.21. The molecular formula is C14H8BrN3. The topological polar surface area (TPSA) is 30.2 Å². The third-order valence-electron chi connectivity index (χ3n) is 3.10. The smallest absolute Gasteiger partial charge is 0.138 e. The van der Waals surface area contributed by atoms with Crippen LogP contribution in [-0.4, -0.2) is 14.4 Å². The standard InChI is InChI=1S/C14H8BrN3/c15-9-5-6-13-17-14-10-3-1-2-4-11(10)16-7-12(14)18(13)8-9/h1-8H. The molecule has 0 N–H and O–H groups in total. The van der Waals surface area contributed by atoms with E-state index in [-0.39, 0.29) is 0 Å². The number of para-hydroxylation sites is 1. The Kier molecular flexibility index (Phi) is 1.96. The Morgan fingerprint density at radius 3 is 2.89 bits per heavy atom. The van der Waals surface area contributed by atoms with Crippen LogP contribution in [0.25, 0.3) is 27.6 Å². The predicted molar refractivity (Wildman–Crippen MR) is 75.7 cm³/mol. The van der Waals surface area contributed by atoms with Crippen molar-refractivity contribution in [2.45, 2.75) is 0 Å². The monoisotopic (exact) mass is 297 g/mol. The van der Waals surface area contributed by atoms with E-state index in [2.05, 4.69) is 36.4 Å². The van der Waals surface area contributed by atoms with Crippen LogP contribution in [0.3, 0.4) is 0 Å². The molecule has 0 aliphatic rings. The molecule has 4 rings (SSSR count). The van der Waals surface area contributed by atoms with Gasteiger partial charge in [0, 0.05) is 16.1 Å². The molecule has 86 valence electrons. The van der Waals surface area contributed by atoms with E-state index in [1.165, 1.54) is 0 Å². The zero-order chi connectivity index (χ0) is 12.1. The maximum Gasteiger partial charge on any atom is 0.138 e. The highest BCUT2D eigenvalue weighted by Crippen LogP contribution is 2.25. The molecule has 1 aromatic carbocycles. The number of rotatable bonds is 0. The van der Waals surface area contributed by atoms with Crippen molar-refractivity contribution in [3.63, 3.8) is 0 Å². The van der Waals surface area contributed by atoms with Gasteiger partial charge in [-0.15, -0.1) is 0 Å². The SMILES string of the molecule is Brc1ccc2nc3c4ccccc4ncc3n2c1. The summed E-state index contributed by atoms with van der Waals surface area (Å²) in [6, 6.07) is 12.1. The fraction of sp³-hybridized carbons (Fsp3) is 0. The van der Waals surface area contributed by atoms with Crippen LogP contribution in [-0.2, 0) is 0 Å². The van der Waals surface area contributed by atoms with Gasteiger partial charge in [-0.25, -0.2) is 4.98 Å². The average molecular weight is 298 g/mol. The summed E-state index contributed by atoms with van der Waals surface area (Å²) >= 11 is 3.48. The Labute approximate surface area is 111 Å². The third kappa shape index (κ3) is 1.29. The van der Waals surface area contributed by atoms with Gasteiger partial charge in [0.1, 0.15) is 11.2 Å². The zero-order valence-electron chi connectivity index (χ0n) is 9.34. The molecule has 0 bridgehead atoms. The molecule has 0 saturated heterocycles. The fourth-order valence-corrected chi connectivity index (χ4v) is 2.61. The van der Waals surface area contributed by atoms with Crippen molar-refractivity contribution < 1.29 is 0 Å². The summed E-state index contributed by atoms with van der Waals surface area (Å²) in [4.78, 5) is 9.17. The quantitative estimate of drug-likeness (QED) is 0.494. The number of aromatic nitrogens is 3. The highest BCUT2D eigenvalue weighted by molar-refractivity contribution is 9.10. The van der Waals surface area contributed by atoms with E-state index < -0.39 is 0 Å². The van der Waals surface area contributed by atoms with E-state index in [1.54, 1.807) is 0 Å². The minimum atomic E-state index is 0.936. The Bertz CT molecular complexity index is 895. The summed E-state index contributed by atoms with van der Waals surface area (Å²) in [6.45, 7) is 0. The number of halogens is 1. The van der Waals surface area contributed by atoms with E-state index in [0.29, 0.717) is 0 Å². The lowest BCUT2D eigenvalue weighted by Gasteiger charge is -1.98. The number of hydrogen-bond donors (Lipinski definition) is 0. The third-order valence-corrected chi connectivity index (χ3v) is 3.57. The zero-order valence-corrected chi connectivity index (χ0v) is 10.9. The molecule has 0 unspecified atom stereocenters. The second-order valence-electron chi connectivity index (χ2n) is 4.20. The summed E-state index contributed by atoms with van der Waals surface area (Å²) < 4.78 is 3.08. The van der Waals surface area contributed by atoms with E-state index >= 15 is 0 Å². The van der Waals surface area contributed by atoms with Crippen molar-refractivity contribution in [2.24, 2.45) is 0 Å². The van der Waals surface area contributed by atoms with Crippen LogP contribution in [0.15, 0.2) is 53.3 Å². The van der Waals surface area contributed by atoms with Gasteiger partial charge in [0.2, 0.25) is 0 Å². The first-order valence-electron chi connectivity index (χ1n) is 5.64. The number of nitrogens with zero attached hydrogens (tertiary/aromatic N) is 3. The van der Waals surface area contributed by atoms with Crippen LogP contribution in [0.4, 0.5) is 0 Å². The van der Waals surface area contributed by atoms with Crippen LogP contribution in [0.5, 0.6) is 0 Å². The largest absolute Gasteiger partial charge is 0.297 e. The van der Waals surface area contributed by atoms with E-state index in [4.69, 9.17) is 0 Å². The first-order valence-corrected chi connectivity index (χ1v) is 6.43.